The van der Waals surface area contributed by atoms with Crippen LogP contribution in [0, 0.1) is 5.82 Å². The lowest BCUT2D eigenvalue weighted by molar-refractivity contribution is 0.370. The van der Waals surface area contributed by atoms with Gasteiger partial charge in [0.05, 0.1) is 0 Å². The molecule has 0 aliphatic heterocycles. The van der Waals surface area contributed by atoms with Gasteiger partial charge < -0.3 is 5.73 Å². The second kappa shape index (κ2) is 5.93. The summed E-state index contributed by atoms with van der Waals surface area (Å²) in [5.74, 6) is 1.83. The highest BCUT2D eigenvalue weighted by Crippen LogP contribution is 2.32. The molecule has 4 nitrogen and oxygen atoms in total. The van der Waals surface area contributed by atoms with Gasteiger partial charge in [-0.1, -0.05) is 6.42 Å². The monoisotopic (exact) mass is 288 g/mol. The molecule has 1 aromatic carbocycles. The summed E-state index contributed by atoms with van der Waals surface area (Å²) in [6.45, 7) is 2.85. The molecule has 0 saturated heterocycles. The molecule has 0 radical (unpaired) electrons. The van der Waals surface area contributed by atoms with E-state index in [-0.39, 0.29) is 11.9 Å². The molecule has 1 fully saturated rings. The molecule has 0 amide bonds. The maximum atomic E-state index is 13.0. The van der Waals surface area contributed by atoms with Gasteiger partial charge in [-0.15, -0.1) is 0 Å². The van der Waals surface area contributed by atoms with Gasteiger partial charge in [-0.3, -0.25) is 0 Å². The predicted molar refractivity (Wildman–Crippen MR) is 80.3 cm³/mol. The fourth-order valence-electron chi connectivity index (χ4n) is 3.07. The largest absolute Gasteiger partial charge is 0.328 e. The Hall–Kier alpha value is -1.75. The number of nitrogens with two attached hydrogens (primary N) is 1. The van der Waals surface area contributed by atoms with Crippen molar-refractivity contribution >= 4 is 0 Å². The van der Waals surface area contributed by atoms with Gasteiger partial charge in [-0.05, 0) is 50.5 Å². The normalized spacial score (nSPS) is 22.4. The van der Waals surface area contributed by atoms with E-state index in [1.807, 2.05) is 4.68 Å². The molecule has 0 unspecified atom stereocenters. The summed E-state index contributed by atoms with van der Waals surface area (Å²) in [4.78, 5) is 4.71. The third kappa shape index (κ3) is 2.97. The maximum Gasteiger partial charge on any atom is 0.181 e. The van der Waals surface area contributed by atoms with Crippen molar-refractivity contribution in [3.8, 4) is 11.4 Å². The maximum absolute atomic E-state index is 13.0. The van der Waals surface area contributed by atoms with Gasteiger partial charge in [0.15, 0.2) is 5.82 Å². The molecule has 2 N–H and O–H groups in total. The van der Waals surface area contributed by atoms with Gasteiger partial charge in [-0.25, -0.2) is 14.1 Å². The number of halogens is 1. The number of aryl methyl sites for hydroxylation is 1. The zero-order chi connectivity index (χ0) is 14.8. The Balaban J connectivity index is 1.92. The van der Waals surface area contributed by atoms with Crippen LogP contribution in [0.3, 0.4) is 0 Å². The van der Waals surface area contributed by atoms with E-state index >= 15 is 0 Å². The molecular formula is C16H21FN4. The molecule has 0 bridgehead atoms. The topological polar surface area (TPSA) is 56.7 Å². The van der Waals surface area contributed by atoms with Crippen LogP contribution in [-0.4, -0.2) is 20.8 Å². The van der Waals surface area contributed by atoms with Gasteiger partial charge in [0, 0.05) is 24.1 Å². The Bertz CT molecular complexity index is 605. The van der Waals surface area contributed by atoms with Crippen LogP contribution >= 0.6 is 0 Å². The van der Waals surface area contributed by atoms with E-state index < -0.39 is 0 Å². The molecule has 5 heteroatoms. The molecular weight excluding hydrogens is 267 g/mol. The van der Waals surface area contributed by atoms with E-state index in [4.69, 9.17) is 10.7 Å². The van der Waals surface area contributed by atoms with Crippen LogP contribution in [0.2, 0.25) is 0 Å². The first-order valence-electron chi connectivity index (χ1n) is 7.63. The van der Waals surface area contributed by atoms with Gasteiger partial charge in [0.2, 0.25) is 0 Å². The van der Waals surface area contributed by atoms with Crippen molar-refractivity contribution < 1.29 is 4.39 Å². The van der Waals surface area contributed by atoms with E-state index in [1.54, 1.807) is 12.1 Å². The highest BCUT2D eigenvalue weighted by molar-refractivity contribution is 5.54. The number of hydrogen-bond donors (Lipinski definition) is 1. The van der Waals surface area contributed by atoms with Crippen LogP contribution in [-0.2, 0) is 6.54 Å². The fraction of sp³-hybridized carbons (Fsp3) is 0.500. The molecule has 112 valence electrons. The Kier molecular flexibility index (Phi) is 4.01. The van der Waals surface area contributed by atoms with E-state index in [2.05, 4.69) is 12.0 Å². The average molecular weight is 288 g/mol. The predicted octanol–water partition coefficient (Wildman–Crippen LogP) is 3.09. The summed E-state index contributed by atoms with van der Waals surface area (Å²) in [7, 11) is 0. The molecule has 21 heavy (non-hydrogen) atoms. The van der Waals surface area contributed by atoms with Crippen LogP contribution < -0.4 is 5.73 Å². The Morgan fingerprint density at radius 1 is 1.29 bits per heavy atom. The van der Waals surface area contributed by atoms with Crippen LogP contribution in [0.25, 0.3) is 11.4 Å². The van der Waals surface area contributed by atoms with Crippen molar-refractivity contribution in [1.29, 1.82) is 0 Å². The van der Waals surface area contributed by atoms with Crippen LogP contribution in [0.1, 0.15) is 44.3 Å². The van der Waals surface area contributed by atoms with E-state index in [9.17, 15) is 4.39 Å². The van der Waals surface area contributed by atoms with Gasteiger partial charge in [0.1, 0.15) is 11.6 Å². The average Bonchev–Trinajstić information content (AvgIpc) is 2.92. The minimum atomic E-state index is -0.243. The molecule has 0 spiro atoms. The lowest BCUT2D eigenvalue weighted by atomic mass is 9.85. The molecule has 3 rings (SSSR count). The molecule has 1 saturated carbocycles. The SMILES string of the molecule is CCn1nc(-c2ccc(F)cc2)nc1[C@@H]1CCC[C@H](N)C1. The van der Waals surface area contributed by atoms with Crippen molar-refractivity contribution in [3.63, 3.8) is 0 Å². The molecule has 2 atom stereocenters. The summed E-state index contributed by atoms with van der Waals surface area (Å²) < 4.78 is 15.0. The third-order valence-electron chi connectivity index (χ3n) is 4.18. The number of aromatic nitrogens is 3. The first-order valence-corrected chi connectivity index (χ1v) is 7.63. The number of rotatable bonds is 3. The molecule has 1 aliphatic carbocycles. The van der Waals surface area contributed by atoms with E-state index in [0.717, 1.165) is 43.6 Å². The summed E-state index contributed by atoms with van der Waals surface area (Å²) in [6, 6.07) is 6.60. The van der Waals surface area contributed by atoms with E-state index in [1.165, 1.54) is 12.1 Å². The number of hydrogen-bond acceptors (Lipinski definition) is 3. The molecule has 1 aromatic heterocycles. The zero-order valence-electron chi connectivity index (χ0n) is 12.3. The first-order chi connectivity index (χ1) is 10.2. The Labute approximate surface area is 124 Å². The highest BCUT2D eigenvalue weighted by Gasteiger charge is 2.25. The highest BCUT2D eigenvalue weighted by atomic mass is 19.1. The lowest BCUT2D eigenvalue weighted by Crippen LogP contribution is -2.28. The minimum absolute atomic E-state index is 0.243. The van der Waals surface area contributed by atoms with Crippen molar-refractivity contribution in [3.05, 3.63) is 35.9 Å². The quantitative estimate of drug-likeness (QED) is 0.944. The zero-order valence-corrected chi connectivity index (χ0v) is 12.3. The van der Waals surface area contributed by atoms with Gasteiger partial charge in [-0.2, -0.15) is 5.10 Å². The summed E-state index contributed by atoms with van der Waals surface area (Å²) in [6.07, 6.45) is 4.34. The lowest BCUT2D eigenvalue weighted by Gasteiger charge is -2.25. The van der Waals surface area contributed by atoms with Gasteiger partial charge in [0.25, 0.3) is 0 Å². The van der Waals surface area contributed by atoms with E-state index in [0.29, 0.717) is 11.7 Å². The van der Waals surface area contributed by atoms with Crippen molar-refractivity contribution in [2.75, 3.05) is 0 Å². The van der Waals surface area contributed by atoms with Crippen LogP contribution in [0.4, 0.5) is 4.39 Å². The fourth-order valence-corrected chi connectivity index (χ4v) is 3.07. The molecule has 1 heterocycles. The molecule has 2 aromatic rings. The Morgan fingerprint density at radius 2 is 2.05 bits per heavy atom. The van der Waals surface area contributed by atoms with Gasteiger partial charge >= 0.3 is 0 Å². The van der Waals surface area contributed by atoms with Crippen LogP contribution in [0.5, 0.6) is 0 Å². The molecule has 1 aliphatic rings. The standard InChI is InChI=1S/C16H21FN4/c1-2-21-16(12-4-3-5-14(18)10-12)19-15(20-21)11-6-8-13(17)9-7-11/h6-9,12,14H,2-5,10,18H2,1H3/t12-,14+/m1/s1. The first kappa shape index (κ1) is 14.2. The summed E-state index contributed by atoms with van der Waals surface area (Å²) >= 11 is 0. The number of benzene rings is 1. The van der Waals surface area contributed by atoms with Crippen molar-refractivity contribution in [1.82, 2.24) is 14.8 Å². The second-order valence-corrected chi connectivity index (χ2v) is 5.74. The van der Waals surface area contributed by atoms with Crippen molar-refractivity contribution in [2.24, 2.45) is 5.73 Å². The third-order valence-corrected chi connectivity index (χ3v) is 4.18. The van der Waals surface area contributed by atoms with Crippen molar-refractivity contribution in [2.45, 2.75) is 51.1 Å². The Morgan fingerprint density at radius 3 is 2.71 bits per heavy atom. The minimum Gasteiger partial charge on any atom is -0.328 e. The van der Waals surface area contributed by atoms with Crippen LogP contribution in [0.15, 0.2) is 24.3 Å². The summed E-state index contributed by atoms with van der Waals surface area (Å²) in [5.41, 5.74) is 6.94. The second-order valence-electron chi connectivity index (χ2n) is 5.74. The number of nitrogens with zero attached hydrogens (tertiary/aromatic N) is 3. The smallest absolute Gasteiger partial charge is 0.181 e. The summed E-state index contributed by atoms with van der Waals surface area (Å²) in [5, 5.41) is 4.57.